The van der Waals surface area contributed by atoms with Crippen LogP contribution in [0.2, 0.25) is 0 Å². The highest BCUT2D eigenvalue weighted by molar-refractivity contribution is 5.88. The monoisotopic (exact) mass is 382 g/mol. The summed E-state index contributed by atoms with van der Waals surface area (Å²) in [5.41, 5.74) is 7.14. The van der Waals surface area contributed by atoms with E-state index in [-0.39, 0.29) is 13.2 Å². The molecule has 0 aliphatic rings. The molecule has 0 spiro atoms. The predicted molar refractivity (Wildman–Crippen MR) is 97.0 cm³/mol. The standard InChI is InChI=1S/C16H26N6O5/c1-3-27-16(25)18-6-4-5-10-13-14(17)19-9-20-15(13)22(21-10)7-11(24)12(8-23)26-2/h9,11-12,23-24H,3-8H2,1-2H3,(H,18,25)(H2,17,19,20). The average Bonchev–Trinajstić information content (AvgIpc) is 2.99. The van der Waals surface area contributed by atoms with Gasteiger partial charge in [-0.15, -0.1) is 0 Å². The Morgan fingerprint density at radius 1 is 1.44 bits per heavy atom. The van der Waals surface area contributed by atoms with Crippen molar-refractivity contribution in [2.75, 3.05) is 32.6 Å². The number of anilines is 1. The SMILES string of the molecule is CCOC(=O)NCCCc1nn(CC(O)C(CO)OC)c2ncnc(N)c12. The van der Waals surface area contributed by atoms with Crippen LogP contribution in [0.25, 0.3) is 11.0 Å². The van der Waals surface area contributed by atoms with Gasteiger partial charge in [-0.3, -0.25) is 0 Å². The highest BCUT2D eigenvalue weighted by atomic mass is 16.5. The van der Waals surface area contributed by atoms with E-state index >= 15 is 0 Å². The minimum atomic E-state index is -0.974. The maximum atomic E-state index is 11.3. The van der Waals surface area contributed by atoms with E-state index in [2.05, 4.69) is 20.4 Å². The maximum absolute atomic E-state index is 11.3. The van der Waals surface area contributed by atoms with Crippen LogP contribution in [-0.2, 0) is 22.4 Å². The smallest absolute Gasteiger partial charge is 0.407 e. The number of fused-ring (bicyclic) bond motifs is 1. The van der Waals surface area contributed by atoms with Crippen LogP contribution in [0.4, 0.5) is 10.6 Å². The van der Waals surface area contributed by atoms with Crippen LogP contribution in [0.15, 0.2) is 6.33 Å². The van der Waals surface area contributed by atoms with Gasteiger partial charge in [-0.25, -0.2) is 19.4 Å². The number of aromatic nitrogens is 4. The zero-order valence-corrected chi connectivity index (χ0v) is 15.5. The van der Waals surface area contributed by atoms with Crippen molar-refractivity contribution in [2.45, 2.75) is 38.5 Å². The summed E-state index contributed by atoms with van der Waals surface area (Å²) in [6, 6.07) is 0. The Morgan fingerprint density at radius 3 is 2.89 bits per heavy atom. The third-order valence-corrected chi connectivity index (χ3v) is 4.04. The third kappa shape index (κ3) is 5.25. The van der Waals surface area contributed by atoms with Crippen LogP contribution in [0, 0.1) is 0 Å². The Hall–Kier alpha value is -2.50. The number of hydrogen-bond donors (Lipinski definition) is 4. The molecule has 11 heteroatoms. The first-order chi connectivity index (χ1) is 13.0. The summed E-state index contributed by atoms with van der Waals surface area (Å²) in [5.74, 6) is 0.291. The lowest BCUT2D eigenvalue weighted by Gasteiger charge is -2.19. The van der Waals surface area contributed by atoms with Crippen molar-refractivity contribution in [2.24, 2.45) is 0 Å². The fraction of sp³-hybridized carbons (Fsp3) is 0.625. The Labute approximate surface area is 156 Å². The molecule has 0 aromatic carbocycles. The zero-order valence-electron chi connectivity index (χ0n) is 15.5. The summed E-state index contributed by atoms with van der Waals surface area (Å²) in [6.45, 7) is 2.22. The summed E-state index contributed by atoms with van der Waals surface area (Å²) in [6.07, 6.45) is 0.289. The molecule has 0 fully saturated rings. The Morgan fingerprint density at radius 2 is 2.22 bits per heavy atom. The number of alkyl carbamates (subject to hydrolysis) is 1. The summed E-state index contributed by atoms with van der Waals surface area (Å²) in [7, 11) is 1.41. The third-order valence-electron chi connectivity index (χ3n) is 4.04. The van der Waals surface area contributed by atoms with E-state index in [4.69, 9.17) is 15.2 Å². The van der Waals surface area contributed by atoms with E-state index in [9.17, 15) is 15.0 Å². The van der Waals surface area contributed by atoms with Crippen LogP contribution in [0.5, 0.6) is 0 Å². The summed E-state index contributed by atoms with van der Waals surface area (Å²) in [4.78, 5) is 19.5. The topological polar surface area (TPSA) is 158 Å². The number of aliphatic hydroxyl groups excluding tert-OH is 2. The number of rotatable bonds is 10. The molecule has 2 atom stereocenters. The summed E-state index contributed by atoms with van der Waals surface area (Å²) in [5, 5.41) is 27.2. The minimum absolute atomic E-state index is 0.0765. The molecule has 0 aliphatic carbocycles. The number of aryl methyl sites for hydroxylation is 1. The molecule has 2 rings (SSSR count). The number of amides is 1. The van der Waals surface area contributed by atoms with Gasteiger partial charge in [-0.1, -0.05) is 0 Å². The number of ether oxygens (including phenoxy) is 2. The Kier molecular flexibility index (Phi) is 7.70. The number of methoxy groups -OCH3 is 1. The first kappa shape index (κ1) is 20.8. The quantitative estimate of drug-likeness (QED) is 0.396. The molecule has 0 saturated carbocycles. The van der Waals surface area contributed by atoms with E-state index in [0.717, 1.165) is 0 Å². The molecule has 11 nitrogen and oxygen atoms in total. The van der Waals surface area contributed by atoms with Gasteiger partial charge in [0.15, 0.2) is 5.65 Å². The van der Waals surface area contributed by atoms with E-state index < -0.39 is 18.3 Å². The summed E-state index contributed by atoms with van der Waals surface area (Å²) < 4.78 is 11.4. The molecule has 2 aromatic rings. The minimum Gasteiger partial charge on any atom is -0.450 e. The van der Waals surface area contributed by atoms with Crippen molar-refractivity contribution in [3.63, 3.8) is 0 Å². The molecule has 5 N–H and O–H groups in total. The maximum Gasteiger partial charge on any atom is 0.407 e. The molecule has 1 amide bonds. The number of carbonyl (C=O) groups is 1. The van der Waals surface area contributed by atoms with E-state index in [1.54, 1.807) is 6.92 Å². The lowest BCUT2D eigenvalue weighted by Crippen LogP contribution is -2.35. The highest BCUT2D eigenvalue weighted by Crippen LogP contribution is 2.22. The molecule has 2 unspecified atom stereocenters. The van der Waals surface area contributed by atoms with E-state index in [0.29, 0.717) is 48.5 Å². The van der Waals surface area contributed by atoms with E-state index in [1.165, 1.54) is 18.1 Å². The second-order valence-corrected chi connectivity index (χ2v) is 5.86. The molecule has 0 aliphatic heterocycles. The molecule has 0 bridgehead atoms. The second-order valence-electron chi connectivity index (χ2n) is 5.86. The molecule has 150 valence electrons. The first-order valence-electron chi connectivity index (χ1n) is 8.70. The van der Waals surface area contributed by atoms with Gasteiger partial charge in [0, 0.05) is 13.7 Å². The van der Waals surface area contributed by atoms with Crippen molar-refractivity contribution < 1.29 is 24.5 Å². The molecule has 27 heavy (non-hydrogen) atoms. The lowest BCUT2D eigenvalue weighted by atomic mass is 10.2. The second kappa shape index (κ2) is 10.00. The predicted octanol–water partition coefficient (Wildman–Crippen LogP) is -0.545. The summed E-state index contributed by atoms with van der Waals surface area (Å²) >= 11 is 0. The van der Waals surface area contributed by atoms with Gasteiger partial charge in [0.2, 0.25) is 0 Å². The molecule has 2 heterocycles. The molecular formula is C16H26N6O5. The van der Waals surface area contributed by atoms with Crippen LogP contribution < -0.4 is 11.1 Å². The lowest BCUT2D eigenvalue weighted by molar-refractivity contribution is -0.0479. The normalized spacial score (nSPS) is 13.5. The Balaban J connectivity index is 2.13. The molecular weight excluding hydrogens is 356 g/mol. The van der Waals surface area contributed by atoms with Crippen LogP contribution >= 0.6 is 0 Å². The van der Waals surface area contributed by atoms with Crippen LogP contribution in [-0.4, -0.2) is 75.1 Å². The van der Waals surface area contributed by atoms with Crippen molar-refractivity contribution in [3.05, 3.63) is 12.0 Å². The Bertz CT molecular complexity index is 748. The average molecular weight is 382 g/mol. The zero-order chi connectivity index (χ0) is 19.8. The van der Waals surface area contributed by atoms with Gasteiger partial charge in [-0.2, -0.15) is 5.10 Å². The number of carbonyl (C=O) groups excluding carboxylic acids is 1. The van der Waals surface area contributed by atoms with Crippen molar-refractivity contribution >= 4 is 22.9 Å². The number of hydrogen-bond acceptors (Lipinski definition) is 9. The number of nitrogen functional groups attached to an aromatic ring is 1. The first-order valence-corrected chi connectivity index (χ1v) is 8.70. The number of nitrogens with two attached hydrogens (primary N) is 1. The fourth-order valence-electron chi connectivity index (χ4n) is 2.68. The highest BCUT2D eigenvalue weighted by Gasteiger charge is 2.22. The van der Waals surface area contributed by atoms with Crippen molar-refractivity contribution in [1.29, 1.82) is 0 Å². The largest absolute Gasteiger partial charge is 0.450 e. The van der Waals surface area contributed by atoms with Gasteiger partial charge in [-0.05, 0) is 19.8 Å². The molecule has 2 aromatic heterocycles. The van der Waals surface area contributed by atoms with Crippen LogP contribution in [0.3, 0.4) is 0 Å². The fourth-order valence-corrected chi connectivity index (χ4v) is 2.68. The number of nitrogens with zero attached hydrogens (tertiary/aromatic N) is 4. The molecule has 0 saturated heterocycles. The van der Waals surface area contributed by atoms with Gasteiger partial charge in [0.05, 0.1) is 30.8 Å². The number of nitrogens with one attached hydrogen (secondary N) is 1. The number of aliphatic hydroxyl groups is 2. The van der Waals surface area contributed by atoms with Crippen LogP contribution in [0.1, 0.15) is 19.0 Å². The molecule has 0 radical (unpaired) electrons. The van der Waals surface area contributed by atoms with Gasteiger partial charge >= 0.3 is 6.09 Å². The van der Waals surface area contributed by atoms with E-state index in [1.807, 2.05) is 0 Å². The van der Waals surface area contributed by atoms with Gasteiger partial charge in [0.25, 0.3) is 0 Å². The van der Waals surface area contributed by atoms with Gasteiger partial charge in [0.1, 0.15) is 24.4 Å². The van der Waals surface area contributed by atoms with Gasteiger partial charge < -0.3 is 30.7 Å². The van der Waals surface area contributed by atoms with Crippen molar-refractivity contribution in [3.8, 4) is 0 Å². The van der Waals surface area contributed by atoms with Crippen molar-refractivity contribution in [1.82, 2.24) is 25.1 Å².